The van der Waals surface area contributed by atoms with Crippen LogP contribution < -0.4 is 4.74 Å². The van der Waals surface area contributed by atoms with Crippen molar-refractivity contribution in [1.82, 2.24) is 0 Å². The average Bonchev–Trinajstić information content (AvgIpc) is 2.17. The predicted molar refractivity (Wildman–Crippen MR) is 60.4 cm³/mol. The quantitative estimate of drug-likeness (QED) is 0.714. The zero-order valence-electron chi connectivity index (χ0n) is 8.66. The van der Waals surface area contributed by atoms with E-state index in [4.69, 9.17) is 4.74 Å². The fourth-order valence-corrected chi connectivity index (χ4v) is 1.66. The largest absolute Gasteiger partial charge is 0.496 e. The van der Waals surface area contributed by atoms with Crippen molar-refractivity contribution < 1.29 is 9.53 Å². The van der Waals surface area contributed by atoms with E-state index < -0.39 is 0 Å². The van der Waals surface area contributed by atoms with E-state index in [1.54, 1.807) is 7.11 Å². The molecule has 1 aromatic rings. The summed E-state index contributed by atoms with van der Waals surface area (Å²) in [5.41, 5.74) is 1.77. The molecular formula is C11H14O2S. The number of thioether (sulfide) groups is 1. The van der Waals surface area contributed by atoms with E-state index in [2.05, 4.69) is 0 Å². The number of ether oxygens (including phenoxy) is 1. The standard InChI is InChI=1S/C11H14O2S/c1-8-4-5-9(10(12)7-14-3)11(6-8)13-2/h4-6H,7H2,1-3H3. The van der Waals surface area contributed by atoms with Gasteiger partial charge in [0.05, 0.1) is 18.4 Å². The molecule has 0 atom stereocenters. The predicted octanol–water partition coefficient (Wildman–Crippen LogP) is 2.55. The SMILES string of the molecule is COc1cc(C)ccc1C(=O)CSC. The lowest BCUT2D eigenvalue weighted by Crippen LogP contribution is -2.04. The number of rotatable bonds is 4. The smallest absolute Gasteiger partial charge is 0.176 e. The van der Waals surface area contributed by atoms with Crippen LogP contribution in [0, 0.1) is 6.92 Å². The molecule has 0 aliphatic carbocycles. The number of ketones is 1. The van der Waals surface area contributed by atoms with E-state index in [9.17, 15) is 4.79 Å². The third-order valence-corrected chi connectivity index (χ3v) is 2.48. The molecule has 0 unspecified atom stereocenters. The summed E-state index contributed by atoms with van der Waals surface area (Å²) in [5.74, 6) is 1.29. The van der Waals surface area contributed by atoms with E-state index in [-0.39, 0.29) is 5.78 Å². The van der Waals surface area contributed by atoms with Gasteiger partial charge in [0.2, 0.25) is 0 Å². The summed E-state index contributed by atoms with van der Waals surface area (Å²) in [6.45, 7) is 1.98. The molecule has 0 fully saturated rings. The summed E-state index contributed by atoms with van der Waals surface area (Å²) in [4.78, 5) is 11.6. The zero-order chi connectivity index (χ0) is 10.6. The van der Waals surface area contributed by atoms with Crippen LogP contribution in [0.4, 0.5) is 0 Å². The average molecular weight is 210 g/mol. The van der Waals surface area contributed by atoms with Crippen molar-refractivity contribution in [2.75, 3.05) is 19.1 Å². The van der Waals surface area contributed by atoms with Gasteiger partial charge in [-0.05, 0) is 30.9 Å². The molecule has 0 aliphatic heterocycles. The molecule has 14 heavy (non-hydrogen) atoms. The monoisotopic (exact) mass is 210 g/mol. The topological polar surface area (TPSA) is 26.3 Å². The van der Waals surface area contributed by atoms with Crippen LogP contribution in [0.1, 0.15) is 15.9 Å². The van der Waals surface area contributed by atoms with Crippen LogP contribution in [0.25, 0.3) is 0 Å². The van der Waals surface area contributed by atoms with Crippen LogP contribution in [0.3, 0.4) is 0 Å². The molecule has 0 aliphatic rings. The molecule has 2 nitrogen and oxygen atoms in total. The molecular weight excluding hydrogens is 196 g/mol. The summed E-state index contributed by atoms with van der Waals surface area (Å²) in [7, 11) is 1.59. The fourth-order valence-electron chi connectivity index (χ4n) is 1.24. The second-order valence-electron chi connectivity index (χ2n) is 3.06. The number of aryl methyl sites for hydroxylation is 1. The Hall–Kier alpha value is -0.960. The van der Waals surface area contributed by atoms with Crippen molar-refractivity contribution in [2.45, 2.75) is 6.92 Å². The minimum Gasteiger partial charge on any atom is -0.496 e. The molecule has 3 heteroatoms. The maximum atomic E-state index is 11.6. The molecule has 0 bridgehead atoms. The lowest BCUT2D eigenvalue weighted by Gasteiger charge is -2.07. The zero-order valence-corrected chi connectivity index (χ0v) is 9.48. The summed E-state index contributed by atoms with van der Waals surface area (Å²) in [6.07, 6.45) is 1.92. The molecule has 0 saturated heterocycles. The molecule has 1 aromatic carbocycles. The maximum Gasteiger partial charge on any atom is 0.176 e. The van der Waals surface area contributed by atoms with Crippen LogP contribution in [0.5, 0.6) is 5.75 Å². The van der Waals surface area contributed by atoms with Crippen LogP contribution in [0.2, 0.25) is 0 Å². The van der Waals surface area contributed by atoms with Gasteiger partial charge in [-0.25, -0.2) is 0 Å². The highest BCUT2D eigenvalue weighted by atomic mass is 32.2. The summed E-state index contributed by atoms with van der Waals surface area (Å²) < 4.78 is 5.16. The lowest BCUT2D eigenvalue weighted by molar-refractivity contribution is 0.102. The van der Waals surface area contributed by atoms with Crippen molar-refractivity contribution in [3.63, 3.8) is 0 Å². The van der Waals surface area contributed by atoms with Crippen LogP contribution >= 0.6 is 11.8 Å². The first-order valence-electron chi connectivity index (χ1n) is 4.36. The highest BCUT2D eigenvalue weighted by molar-refractivity contribution is 7.99. The molecule has 0 radical (unpaired) electrons. The van der Waals surface area contributed by atoms with Gasteiger partial charge >= 0.3 is 0 Å². The minimum atomic E-state index is 0.120. The second-order valence-corrected chi connectivity index (χ2v) is 3.93. The number of methoxy groups -OCH3 is 1. The van der Waals surface area contributed by atoms with Crippen molar-refractivity contribution in [1.29, 1.82) is 0 Å². The number of hydrogen-bond acceptors (Lipinski definition) is 3. The van der Waals surface area contributed by atoms with Crippen molar-refractivity contribution >= 4 is 17.5 Å². The number of benzene rings is 1. The molecule has 0 amide bonds. The van der Waals surface area contributed by atoms with E-state index in [1.165, 1.54) is 11.8 Å². The van der Waals surface area contributed by atoms with E-state index >= 15 is 0 Å². The van der Waals surface area contributed by atoms with Gasteiger partial charge in [0.15, 0.2) is 5.78 Å². The molecule has 1 rings (SSSR count). The number of Topliss-reactive ketones (excluding diaryl/α,β-unsaturated/α-hetero) is 1. The first-order chi connectivity index (χ1) is 6.69. The van der Waals surface area contributed by atoms with Gasteiger partial charge in [-0.1, -0.05) is 6.07 Å². The molecule has 0 aromatic heterocycles. The lowest BCUT2D eigenvalue weighted by atomic mass is 10.1. The Morgan fingerprint density at radius 3 is 2.79 bits per heavy atom. The maximum absolute atomic E-state index is 11.6. The minimum absolute atomic E-state index is 0.120. The van der Waals surface area contributed by atoms with Gasteiger partial charge < -0.3 is 4.74 Å². The van der Waals surface area contributed by atoms with Gasteiger partial charge in [-0.3, -0.25) is 4.79 Å². The van der Waals surface area contributed by atoms with Crippen molar-refractivity contribution in [3.8, 4) is 5.75 Å². The third-order valence-electron chi connectivity index (χ3n) is 1.93. The summed E-state index contributed by atoms with van der Waals surface area (Å²) >= 11 is 1.52. The van der Waals surface area contributed by atoms with Gasteiger partial charge in [-0.2, -0.15) is 11.8 Å². The van der Waals surface area contributed by atoms with E-state index in [1.807, 2.05) is 31.4 Å². The Labute approximate surface area is 88.7 Å². The van der Waals surface area contributed by atoms with E-state index in [0.29, 0.717) is 17.1 Å². The Morgan fingerprint density at radius 1 is 1.50 bits per heavy atom. The Bertz CT molecular complexity index is 334. The number of hydrogen-bond donors (Lipinski definition) is 0. The summed E-state index contributed by atoms with van der Waals surface area (Å²) in [6, 6.07) is 5.64. The third kappa shape index (κ3) is 2.51. The van der Waals surface area contributed by atoms with Crippen LogP contribution in [0.15, 0.2) is 18.2 Å². The van der Waals surface area contributed by atoms with E-state index in [0.717, 1.165) is 5.56 Å². The first kappa shape index (κ1) is 11.1. The Kier molecular flexibility index (Phi) is 4.01. The second kappa shape index (κ2) is 5.05. The van der Waals surface area contributed by atoms with Gasteiger partial charge in [0, 0.05) is 0 Å². The highest BCUT2D eigenvalue weighted by Crippen LogP contribution is 2.21. The Morgan fingerprint density at radius 2 is 2.21 bits per heavy atom. The molecule has 0 saturated carbocycles. The molecule has 0 spiro atoms. The van der Waals surface area contributed by atoms with Crippen molar-refractivity contribution in [2.24, 2.45) is 0 Å². The number of carbonyl (C=O) groups is 1. The van der Waals surface area contributed by atoms with Gasteiger partial charge in [0.1, 0.15) is 5.75 Å². The van der Waals surface area contributed by atoms with Gasteiger partial charge in [-0.15, -0.1) is 0 Å². The molecule has 76 valence electrons. The Balaban J connectivity index is 3.01. The number of carbonyl (C=O) groups excluding carboxylic acids is 1. The molecule has 0 N–H and O–H groups in total. The summed E-state index contributed by atoms with van der Waals surface area (Å²) in [5, 5.41) is 0. The van der Waals surface area contributed by atoms with Gasteiger partial charge in [0.25, 0.3) is 0 Å². The fraction of sp³-hybridized carbons (Fsp3) is 0.364. The normalized spacial score (nSPS) is 9.93. The highest BCUT2D eigenvalue weighted by Gasteiger charge is 2.10. The van der Waals surface area contributed by atoms with Crippen LogP contribution in [-0.2, 0) is 0 Å². The van der Waals surface area contributed by atoms with Crippen LogP contribution in [-0.4, -0.2) is 24.9 Å². The first-order valence-corrected chi connectivity index (χ1v) is 5.75. The molecule has 0 heterocycles. The van der Waals surface area contributed by atoms with Crippen molar-refractivity contribution in [3.05, 3.63) is 29.3 Å².